The third-order valence-corrected chi connectivity index (χ3v) is 5.43. The molecule has 0 spiro atoms. The summed E-state index contributed by atoms with van der Waals surface area (Å²) in [4.78, 5) is 21.4. The number of carbonyl (C=O) groups excluding carboxylic acids is 1. The number of pyridine rings is 1. The van der Waals surface area contributed by atoms with Gasteiger partial charge < -0.3 is 15.0 Å². The molecule has 0 bridgehead atoms. The van der Waals surface area contributed by atoms with E-state index in [-0.39, 0.29) is 5.91 Å². The highest BCUT2D eigenvalue weighted by Gasteiger charge is 2.14. The van der Waals surface area contributed by atoms with E-state index in [1.807, 2.05) is 12.1 Å². The molecule has 1 N–H and O–H groups in total. The average Bonchev–Trinajstić information content (AvgIpc) is 2.80. The Hall–Kier alpha value is -3.22. The summed E-state index contributed by atoms with van der Waals surface area (Å²) in [6, 6.07) is 19.2. The molecule has 3 aromatic rings. The predicted molar refractivity (Wildman–Crippen MR) is 121 cm³/mol. The van der Waals surface area contributed by atoms with Gasteiger partial charge in [0.05, 0.1) is 6.20 Å². The molecule has 1 aromatic heterocycles. The minimum Gasteiger partial charge on any atom is -0.456 e. The number of hydrogen-bond acceptors (Lipinski definition) is 5. The van der Waals surface area contributed by atoms with Crippen molar-refractivity contribution in [2.24, 2.45) is 0 Å². The summed E-state index contributed by atoms with van der Waals surface area (Å²) >= 11 is 0. The van der Waals surface area contributed by atoms with Gasteiger partial charge in [-0.3, -0.25) is 14.7 Å². The molecule has 1 aliphatic rings. The maximum absolute atomic E-state index is 12.5. The number of benzene rings is 2. The number of piperazine rings is 1. The number of rotatable bonds is 7. The third kappa shape index (κ3) is 6.13. The van der Waals surface area contributed by atoms with Crippen molar-refractivity contribution in [2.45, 2.75) is 13.1 Å². The van der Waals surface area contributed by atoms with Crippen LogP contribution in [0.15, 0.2) is 73.1 Å². The van der Waals surface area contributed by atoms with Crippen LogP contribution in [0.5, 0.6) is 11.5 Å². The number of ether oxygens (including phenoxy) is 1. The first-order chi connectivity index (χ1) is 15.2. The fraction of sp³-hybridized carbons (Fsp3) is 0.280. The summed E-state index contributed by atoms with van der Waals surface area (Å²) < 4.78 is 5.72. The highest BCUT2D eigenvalue weighted by molar-refractivity contribution is 5.94. The van der Waals surface area contributed by atoms with E-state index in [1.54, 1.807) is 36.7 Å². The van der Waals surface area contributed by atoms with Gasteiger partial charge in [-0.15, -0.1) is 0 Å². The molecule has 2 aromatic carbocycles. The zero-order chi connectivity index (χ0) is 21.5. The summed E-state index contributed by atoms with van der Waals surface area (Å²) in [7, 11) is 2.17. The highest BCUT2D eigenvalue weighted by Crippen LogP contribution is 2.20. The van der Waals surface area contributed by atoms with Gasteiger partial charge in [0.1, 0.15) is 11.5 Å². The molecule has 1 fully saturated rings. The maximum atomic E-state index is 12.5. The van der Waals surface area contributed by atoms with E-state index < -0.39 is 0 Å². The number of likely N-dealkylation sites (N-methyl/N-ethyl adjacent to an activating group) is 1. The minimum absolute atomic E-state index is 0.0996. The van der Waals surface area contributed by atoms with Crippen LogP contribution in [0.25, 0.3) is 0 Å². The lowest BCUT2D eigenvalue weighted by Crippen LogP contribution is -2.43. The van der Waals surface area contributed by atoms with Gasteiger partial charge in [-0.2, -0.15) is 0 Å². The number of aromatic nitrogens is 1. The van der Waals surface area contributed by atoms with Crippen LogP contribution >= 0.6 is 0 Å². The molecule has 1 aliphatic heterocycles. The van der Waals surface area contributed by atoms with E-state index in [2.05, 4.69) is 51.4 Å². The lowest BCUT2D eigenvalue weighted by Gasteiger charge is -2.32. The summed E-state index contributed by atoms with van der Waals surface area (Å²) in [5.41, 5.74) is 3.00. The van der Waals surface area contributed by atoms with Crippen molar-refractivity contribution in [2.75, 3.05) is 33.2 Å². The summed E-state index contributed by atoms with van der Waals surface area (Å²) in [6.07, 6.45) is 3.35. The van der Waals surface area contributed by atoms with Gasteiger partial charge in [0.15, 0.2) is 0 Å². The first-order valence-corrected chi connectivity index (χ1v) is 10.6. The lowest BCUT2D eigenvalue weighted by molar-refractivity contribution is 0.0951. The average molecular weight is 417 g/mol. The molecular formula is C25H28N4O2. The van der Waals surface area contributed by atoms with Crippen molar-refractivity contribution in [3.8, 4) is 11.5 Å². The lowest BCUT2D eigenvalue weighted by atomic mass is 10.1. The summed E-state index contributed by atoms with van der Waals surface area (Å²) in [6.45, 7) is 5.87. The third-order valence-electron chi connectivity index (χ3n) is 5.43. The highest BCUT2D eigenvalue weighted by atomic mass is 16.5. The molecule has 1 amide bonds. The molecule has 1 saturated heterocycles. The second-order valence-corrected chi connectivity index (χ2v) is 7.90. The zero-order valence-electron chi connectivity index (χ0n) is 17.8. The molecule has 2 heterocycles. The molecule has 31 heavy (non-hydrogen) atoms. The topological polar surface area (TPSA) is 57.7 Å². The Kier molecular flexibility index (Phi) is 6.92. The van der Waals surface area contributed by atoms with Crippen LogP contribution < -0.4 is 10.1 Å². The second kappa shape index (κ2) is 10.2. The van der Waals surface area contributed by atoms with Crippen molar-refractivity contribution < 1.29 is 9.53 Å². The molecule has 0 saturated carbocycles. The SMILES string of the molecule is CN1CCN(Cc2cccc(CNC(=O)c3ccc(Oc4cccnc4)cc3)c2)CC1. The van der Waals surface area contributed by atoms with Crippen molar-refractivity contribution >= 4 is 5.91 Å². The molecule has 4 rings (SSSR count). The Morgan fingerprint density at radius 2 is 1.74 bits per heavy atom. The molecule has 0 unspecified atom stereocenters. The van der Waals surface area contributed by atoms with Crippen LogP contribution in [0.4, 0.5) is 0 Å². The van der Waals surface area contributed by atoms with Crippen molar-refractivity contribution in [1.82, 2.24) is 20.1 Å². The minimum atomic E-state index is -0.0996. The number of hydrogen-bond donors (Lipinski definition) is 1. The van der Waals surface area contributed by atoms with E-state index in [0.29, 0.717) is 23.6 Å². The van der Waals surface area contributed by atoms with Crippen LogP contribution in [0, 0.1) is 0 Å². The molecule has 6 heteroatoms. The Morgan fingerprint density at radius 1 is 0.968 bits per heavy atom. The summed E-state index contributed by atoms with van der Waals surface area (Å²) in [5, 5.41) is 3.01. The van der Waals surface area contributed by atoms with Gasteiger partial charge in [0.25, 0.3) is 5.91 Å². The first kappa shape index (κ1) is 21.0. The smallest absolute Gasteiger partial charge is 0.251 e. The van der Waals surface area contributed by atoms with Crippen LogP contribution in [0.3, 0.4) is 0 Å². The Labute approximate surface area is 183 Å². The van der Waals surface area contributed by atoms with E-state index in [1.165, 1.54) is 5.56 Å². The summed E-state index contributed by atoms with van der Waals surface area (Å²) in [5.74, 6) is 1.23. The number of nitrogens with zero attached hydrogens (tertiary/aromatic N) is 3. The van der Waals surface area contributed by atoms with Crippen molar-refractivity contribution in [3.05, 3.63) is 89.7 Å². The van der Waals surface area contributed by atoms with Gasteiger partial charge in [0, 0.05) is 51.0 Å². The molecule has 0 atom stereocenters. The fourth-order valence-electron chi connectivity index (χ4n) is 3.60. The van der Waals surface area contributed by atoms with Gasteiger partial charge in [0.2, 0.25) is 0 Å². The van der Waals surface area contributed by atoms with Crippen molar-refractivity contribution in [3.63, 3.8) is 0 Å². The Morgan fingerprint density at radius 3 is 2.48 bits per heavy atom. The van der Waals surface area contributed by atoms with Crippen molar-refractivity contribution in [1.29, 1.82) is 0 Å². The monoisotopic (exact) mass is 416 g/mol. The predicted octanol–water partition coefficient (Wildman–Crippen LogP) is 3.55. The maximum Gasteiger partial charge on any atom is 0.251 e. The first-order valence-electron chi connectivity index (χ1n) is 10.6. The normalized spacial score (nSPS) is 14.9. The second-order valence-electron chi connectivity index (χ2n) is 7.90. The number of nitrogens with one attached hydrogen (secondary N) is 1. The number of amides is 1. The van der Waals surface area contributed by atoms with E-state index in [9.17, 15) is 4.79 Å². The van der Waals surface area contributed by atoms with Gasteiger partial charge in [-0.25, -0.2) is 0 Å². The van der Waals surface area contributed by atoms with E-state index >= 15 is 0 Å². The molecule has 160 valence electrons. The Bertz CT molecular complexity index is 984. The van der Waals surface area contributed by atoms with E-state index in [4.69, 9.17) is 4.74 Å². The van der Waals surface area contributed by atoms with Crippen LogP contribution in [0.2, 0.25) is 0 Å². The quantitative estimate of drug-likeness (QED) is 0.638. The van der Waals surface area contributed by atoms with Crippen LogP contribution in [-0.4, -0.2) is 53.9 Å². The van der Waals surface area contributed by atoms with Gasteiger partial charge in [-0.05, 0) is 54.6 Å². The molecule has 6 nitrogen and oxygen atoms in total. The van der Waals surface area contributed by atoms with Crippen LogP contribution in [-0.2, 0) is 13.1 Å². The van der Waals surface area contributed by atoms with Crippen LogP contribution in [0.1, 0.15) is 21.5 Å². The molecule has 0 aliphatic carbocycles. The van der Waals surface area contributed by atoms with Gasteiger partial charge >= 0.3 is 0 Å². The fourth-order valence-corrected chi connectivity index (χ4v) is 3.60. The number of carbonyl (C=O) groups is 1. The van der Waals surface area contributed by atoms with Gasteiger partial charge in [-0.1, -0.05) is 24.3 Å². The largest absolute Gasteiger partial charge is 0.456 e. The zero-order valence-corrected chi connectivity index (χ0v) is 17.8. The van der Waals surface area contributed by atoms with E-state index in [0.717, 1.165) is 38.3 Å². The standard InChI is InChI=1S/C25H28N4O2/c1-28-12-14-29(15-13-28)19-21-5-2-4-20(16-21)17-27-25(30)22-7-9-23(10-8-22)31-24-6-3-11-26-18-24/h2-11,16,18H,12-15,17,19H2,1H3,(H,27,30). The Balaban J connectivity index is 1.29. The molecule has 0 radical (unpaired) electrons. The molecular weight excluding hydrogens is 388 g/mol.